The summed E-state index contributed by atoms with van der Waals surface area (Å²) in [5.74, 6) is -0.0338. The minimum atomic E-state index is -0.282. The first kappa shape index (κ1) is 9.14. The summed E-state index contributed by atoms with van der Waals surface area (Å²) in [7, 11) is 0. The Morgan fingerprint density at radius 1 is 1.57 bits per heavy atom. The zero-order chi connectivity index (χ0) is 10.1. The lowest BCUT2D eigenvalue weighted by Crippen LogP contribution is -2.22. The third kappa shape index (κ3) is 1.48. The van der Waals surface area contributed by atoms with Gasteiger partial charge in [-0.2, -0.15) is 0 Å². The van der Waals surface area contributed by atoms with Gasteiger partial charge in [0.05, 0.1) is 6.42 Å². The van der Waals surface area contributed by atoms with E-state index in [2.05, 4.69) is 15.6 Å². The van der Waals surface area contributed by atoms with Crippen LogP contribution >= 0.6 is 11.3 Å². The largest absolute Gasteiger partial charge is 0.362 e. The molecular formula is C8H9N3O2S. The molecule has 0 fully saturated rings. The van der Waals surface area contributed by atoms with Crippen molar-refractivity contribution in [1.82, 2.24) is 4.98 Å². The highest BCUT2D eigenvalue weighted by Crippen LogP contribution is 2.30. The average Bonchev–Trinajstić information content (AvgIpc) is 2.48. The van der Waals surface area contributed by atoms with Crippen molar-refractivity contribution in [2.45, 2.75) is 13.3 Å². The van der Waals surface area contributed by atoms with Gasteiger partial charge in [-0.3, -0.25) is 9.59 Å². The monoisotopic (exact) mass is 211 g/mol. The van der Waals surface area contributed by atoms with Gasteiger partial charge in [-0.05, 0) is 6.92 Å². The fourth-order valence-electron chi connectivity index (χ4n) is 1.22. The quantitative estimate of drug-likeness (QED) is 0.718. The number of nitrogens with one attached hydrogen (secondary N) is 2. The maximum atomic E-state index is 11.4. The zero-order valence-electron chi connectivity index (χ0n) is 7.59. The third-order valence-corrected chi connectivity index (χ3v) is 2.84. The highest BCUT2D eigenvalue weighted by Gasteiger charge is 2.26. The Morgan fingerprint density at radius 2 is 2.36 bits per heavy atom. The van der Waals surface area contributed by atoms with Crippen molar-refractivity contribution in [3.63, 3.8) is 0 Å². The molecule has 0 aliphatic carbocycles. The van der Waals surface area contributed by atoms with Crippen molar-refractivity contribution < 1.29 is 9.59 Å². The number of thiazole rings is 1. The van der Waals surface area contributed by atoms with Gasteiger partial charge in [-0.1, -0.05) is 11.3 Å². The van der Waals surface area contributed by atoms with Crippen LogP contribution in [0.5, 0.6) is 0 Å². The van der Waals surface area contributed by atoms with E-state index < -0.39 is 0 Å². The second kappa shape index (κ2) is 3.38. The van der Waals surface area contributed by atoms with Gasteiger partial charge < -0.3 is 10.6 Å². The molecule has 1 amide bonds. The summed E-state index contributed by atoms with van der Waals surface area (Å²) in [5.41, 5.74) is 0. The van der Waals surface area contributed by atoms with Gasteiger partial charge in [0, 0.05) is 6.54 Å². The van der Waals surface area contributed by atoms with Crippen LogP contribution in [0.2, 0.25) is 0 Å². The number of hydrogen-bond acceptors (Lipinski definition) is 5. The Bertz CT molecular complexity index is 399. The van der Waals surface area contributed by atoms with Crippen molar-refractivity contribution in [2.75, 3.05) is 17.2 Å². The molecule has 0 saturated heterocycles. The van der Waals surface area contributed by atoms with Gasteiger partial charge in [0.2, 0.25) is 5.91 Å². The van der Waals surface area contributed by atoms with E-state index in [1.165, 1.54) is 11.3 Å². The average molecular weight is 211 g/mol. The molecule has 0 radical (unpaired) electrons. The number of nitrogens with zero attached hydrogens (tertiary/aromatic N) is 1. The molecule has 0 atom stereocenters. The molecule has 2 N–H and O–H groups in total. The first-order chi connectivity index (χ1) is 6.70. The highest BCUT2D eigenvalue weighted by molar-refractivity contribution is 7.18. The molecule has 2 rings (SSSR count). The number of rotatable bonds is 2. The molecule has 6 heteroatoms. The predicted molar refractivity (Wildman–Crippen MR) is 53.9 cm³/mol. The van der Waals surface area contributed by atoms with Crippen LogP contribution in [0.4, 0.5) is 10.9 Å². The third-order valence-electron chi connectivity index (χ3n) is 1.79. The van der Waals surface area contributed by atoms with Crippen molar-refractivity contribution >= 4 is 34.0 Å². The van der Waals surface area contributed by atoms with Crippen molar-refractivity contribution in [3.8, 4) is 0 Å². The van der Waals surface area contributed by atoms with E-state index >= 15 is 0 Å². The summed E-state index contributed by atoms with van der Waals surface area (Å²) in [5, 5.41) is 6.25. The summed E-state index contributed by atoms with van der Waals surface area (Å²) in [4.78, 5) is 27.0. The number of carbonyl (C=O) groups is 2. The number of Topliss-reactive ketones (excluding diaryl/α,β-unsaturated/α-hetero) is 1. The molecule has 5 nitrogen and oxygen atoms in total. The Labute approximate surface area is 84.5 Å². The molecule has 0 aromatic carbocycles. The second-order valence-corrected chi connectivity index (χ2v) is 3.87. The maximum Gasteiger partial charge on any atom is 0.233 e. The van der Waals surface area contributed by atoms with Gasteiger partial charge in [0.15, 0.2) is 16.7 Å². The van der Waals surface area contributed by atoms with Crippen molar-refractivity contribution in [1.29, 1.82) is 0 Å². The van der Waals surface area contributed by atoms with Gasteiger partial charge in [-0.15, -0.1) is 0 Å². The molecule has 0 spiro atoms. The normalized spacial score (nSPS) is 14.9. The molecule has 74 valence electrons. The van der Waals surface area contributed by atoms with Gasteiger partial charge in [-0.25, -0.2) is 4.98 Å². The van der Waals surface area contributed by atoms with Crippen LogP contribution in [-0.4, -0.2) is 23.2 Å². The van der Waals surface area contributed by atoms with Crippen molar-refractivity contribution in [2.24, 2.45) is 0 Å². The van der Waals surface area contributed by atoms with Gasteiger partial charge >= 0.3 is 0 Å². The number of aromatic nitrogens is 1. The Balaban J connectivity index is 2.35. The summed E-state index contributed by atoms with van der Waals surface area (Å²) >= 11 is 1.28. The van der Waals surface area contributed by atoms with Gasteiger partial charge in [0.25, 0.3) is 0 Å². The minimum Gasteiger partial charge on any atom is -0.362 e. The summed E-state index contributed by atoms with van der Waals surface area (Å²) in [6.45, 7) is 2.69. The summed E-state index contributed by atoms with van der Waals surface area (Å²) in [6.07, 6.45) is -0.0687. The van der Waals surface area contributed by atoms with Crippen LogP contribution < -0.4 is 10.6 Å². The van der Waals surface area contributed by atoms with E-state index in [-0.39, 0.29) is 18.1 Å². The molecule has 0 saturated carbocycles. The Kier molecular flexibility index (Phi) is 2.20. The summed E-state index contributed by atoms with van der Waals surface area (Å²) < 4.78 is 0. The van der Waals surface area contributed by atoms with Crippen LogP contribution in [0.3, 0.4) is 0 Å². The number of anilines is 2. The molecule has 0 bridgehead atoms. The van der Waals surface area contributed by atoms with E-state index in [9.17, 15) is 9.59 Å². The predicted octanol–water partition coefficient (Wildman–Crippen LogP) is 1.10. The lowest BCUT2D eigenvalue weighted by Gasteiger charge is -2.08. The topological polar surface area (TPSA) is 71.1 Å². The van der Waals surface area contributed by atoms with Crippen LogP contribution in [-0.2, 0) is 4.79 Å². The standard InChI is InChI=1S/C8H9N3O2S/c1-2-9-8-11-7-6(14-8)4(12)3-5(13)10-7/h2-3H2,1H3,(H,9,11)(H,10,13). The van der Waals surface area contributed by atoms with E-state index in [1.807, 2.05) is 6.92 Å². The maximum absolute atomic E-state index is 11.4. The lowest BCUT2D eigenvalue weighted by molar-refractivity contribution is -0.115. The van der Waals surface area contributed by atoms with Gasteiger partial charge in [0.1, 0.15) is 4.88 Å². The molecule has 1 aromatic rings. The zero-order valence-corrected chi connectivity index (χ0v) is 8.40. The molecule has 0 unspecified atom stereocenters. The van der Waals surface area contributed by atoms with Crippen LogP contribution in [0, 0.1) is 0 Å². The number of carbonyl (C=O) groups excluding carboxylic acids is 2. The van der Waals surface area contributed by atoms with Crippen molar-refractivity contribution in [3.05, 3.63) is 4.88 Å². The Hall–Kier alpha value is -1.43. The highest BCUT2D eigenvalue weighted by atomic mass is 32.1. The van der Waals surface area contributed by atoms with E-state index in [0.717, 1.165) is 6.54 Å². The molecule has 1 aromatic heterocycles. The number of fused-ring (bicyclic) bond motifs is 1. The number of ketones is 1. The smallest absolute Gasteiger partial charge is 0.233 e. The molecule has 1 aliphatic heterocycles. The van der Waals surface area contributed by atoms with Crippen LogP contribution in [0.15, 0.2) is 0 Å². The van der Waals surface area contributed by atoms with E-state index in [1.54, 1.807) is 0 Å². The number of hydrogen-bond donors (Lipinski definition) is 2. The molecule has 2 heterocycles. The second-order valence-electron chi connectivity index (χ2n) is 2.88. The van der Waals surface area contributed by atoms with E-state index in [4.69, 9.17) is 0 Å². The lowest BCUT2D eigenvalue weighted by atomic mass is 10.2. The van der Waals surface area contributed by atoms with E-state index in [0.29, 0.717) is 15.8 Å². The van der Waals surface area contributed by atoms with Crippen LogP contribution in [0.25, 0.3) is 0 Å². The molecule has 14 heavy (non-hydrogen) atoms. The SMILES string of the molecule is CCNc1nc2c(s1)C(=O)CC(=O)N2. The van der Waals surface area contributed by atoms with Crippen LogP contribution in [0.1, 0.15) is 23.0 Å². The summed E-state index contributed by atoms with van der Waals surface area (Å²) in [6, 6.07) is 0. The first-order valence-electron chi connectivity index (χ1n) is 4.28. The Morgan fingerprint density at radius 3 is 3.07 bits per heavy atom. The molecule has 1 aliphatic rings. The minimum absolute atomic E-state index is 0.0687. The fourth-order valence-corrected chi connectivity index (χ4v) is 2.15. The fraction of sp³-hybridized carbons (Fsp3) is 0.375. The first-order valence-corrected chi connectivity index (χ1v) is 5.10. The number of amides is 1. The molecular weight excluding hydrogens is 202 g/mol.